The lowest BCUT2D eigenvalue weighted by atomic mass is 9.92. The molecule has 0 unspecified atom stereocenters. The smallest absolute Gasteiger partial charge is 0.335 e. The van der Waals surface area contributed by atoms with E-state index in [1.54, 1.807) is 18.2 Å². The Hall–Kier alpha value is -1.88. The van der Waals surface area contributed by atoms with Gasteiger partial charge in [-0.2, -0.15) is 0 Å². The second-order valence-corrected chi connectivity index (χ2v) is 5.60. The van der Waals surface area contributed by atoms with E-state index in [4.69, 9.17) is 9.84 Å². The standard InChI is InChI=1S/C16H21NO4/c1-21-14(18)10-16(7-2-3-8-16)17-11-12-5-4-6-13(9-12)15(19)20/h4-6,9,17H,2-3,7-8,10-11H2,1H3,(H,19,20). The van der Waals surface area contributed by atoms with E-state index in [9.17, 15) is 9.59 Å². The summed E-state index contributed by atoms with van der Waals surface area (Å²) in [6, 6.07) is 6.87. The molecule has 2 rings (SSSR count). The van der Waals surface area contributed by atoms with Crippen LogP contribution in [0.5, 0.6) is 0 Å². The van der Waals surface area contributed by atoms with Gasteiger partial charge in [0.1, 0.15) is 0 Å². The van der Waals surface area contributed by atoms with Crippen LogP contribution in [0.3, 0.4) is 0 Å². The molecule has 0 heterocycles. The van der Waals surface area contributed by atoms with Crippen LogP contribution >= 0.6 is 0 Å². The molecule has 0 aliphatic heterocycles. The Bertz CT molecular complexity index is 521. The van der Waals surface area contributed by atoms with E-state index in [1.807, 2.05) is 6.07 Å². The third-order valence-electron chi connectivity index (χ3n) is 4.11. The van der Waals surface area contributed by atoms with Gasteiger partial charge in [-0.1, -0.05) is 25.0 Å². The Morgan fingerprint density at radius 3 is 2.67 bits per heavy atom. The topological polar surface area (TPSA) is 75.6 Å². The molecule has 5 nitrogen and oxygen atoms in total. The summed E-state index contributed by atoms with van der Waals surface area (Å²) < 4.78 is 4.78. The molecule has 1 aromatic rings. The summed E-state index contributed by atoms with van der Waals surface area (Å²) in [6.07, 6.45) is 4.45. The highest BCUT2D eigenvalue weighted by Gasteiger charge is 2.35. The van der Waals surface area contributed by atoms with Crippen molar-refractivity contribution in [3.05, 3.63) is 35.4 Å². The molecule has 0 saturated heterocycles. The number of hydrogen-bond donors (Lipinski definition) is 2. The lowest BCUT2D eigenvalue weighted by molar-refractivity contribution is -0.142. The summed E-state index contributed by atoms with van der Waals surface area (Å²) in [5.74, 6) is -1.13. The first-order valence-corrected chi connectivity index (χ1v) is 7.19. The van der Waals surface area contributed by atoms with Crippen LogP contribution in [0.1, 0.15) is 48.0 Å². The van der Waals surface area contributed by atoms with Crippen LogP contribution in [0, 0.1) is 0 Å². The van der Waals surface area contributed by atoms with E-state index in [1.165, 1.54) is 7.11 Å². The van der Waals surface area contributed by atoms with E-state index >= 15 is 0 Å². The maximum absolute atomic E-state index is 11.6. The number of carboxylic acids is 1. The molecule has 0 bridgehead atoms. The Morgan fingerprint density at radius 1 is 1.33 bits per heavy atom. The lowest BCUT2D eigenvalue weighted by Crippen LogP contribution is -2.44. The number of ether oxygens (including phenoxy) is 1. The Kier molecular flexibility index (Phi) is 4.96. The maximum Gasteiger partial charge on any atom is 0.335 e. The van der Waals surface area contributed by atoms with E-state index in [0.29, 0.717) is 13.0 Å². The van der Waals surface area contributed by atoms with Crippen LogP contribution in [0.25, 0.3) is 0 Å². The molecule has 0 radical (unpaired) electrons. The molecular formula is C16H21NO4. The Labute approximate surface area is 124 Å². The van der Waals surface area contributed by atoms with Crippen molar-refractivity contribution in [3.8, 4) is 0 Å². The summed E-state index contributed by atoms with van der Waals surface area (Å²) in [5.41, 5.74) is 0.973. The highest BCUT2D eigenvalue weighted by molar-refractivity contribution is 5.87. The van der Waals surface area contributed by atoms with Crippen LogP contribution in [-0.2, 0) is 16.1 Å². The molecule has 1 aliphatic carbocycles. The molecule has 114 valence electrons. The fourth-order valence-electron chi connectivity index (χ4n) is 2.92. The third kappa shape index (κ3) is 4.04. The number of hydrogen-bond acceptors (Lipinski definition) is 4. The zero-order valence-electron chi connectivity index (χ0n) is 12.2. The van der Waals surface area contributed by atoms with Gasteiger partial charge in [0.2, 0.25) is 0 Å². The molecule has 1 aromatic carbocycles. The highest BCUT2D eigenvalue weighted by atomic mass is 16.5. The first-order valence-electron chi connectivity index (χ1n) is 7.19. The summed E-state index contributed by atoms with van der Waals surface area (Å²) in [5, 5.41) is 12.5. The normalized spacial score (nSPS) is 16.6. The Morgan fingerprint density at radius 2 is 2.05 bits per heavy atom. The van der Waals surface area contributed by atoms with Crippen LogP contribution in [0.2, 0.25) is 0 Å². The molecule has 2 N–H and O–H groups in total. The average Bonchev–Trinajstić information content (AvgIpc) is 2.94. The predicted octanol–water partition coefficient (Wildman–Crippen LogP) is 2.35. The molecule has 1 aliphatic rings. The Balaban J connectivity index is 2.03. The van der Waals surface area contributed by atoms with E-state index < -0.39 is 5.97 Å². The molecule has 0 amide bonds. The van der Waals surface area contributed by atoms with Crippen molar-refractivity contribution >= 4 is 11.9 Å². The van der Waals surface area contributed by atoms with Crippen molar-refractivity contribution in [3.63, 3.8) is 0 Å². The van der Waals surface area contributed by atoms with Crippen LogP contribution in [-0.4, -0.2) is 29.7 Å². The van der Waals surface area contributed by atoms with Crippen molar-refractivity contribution in [1.82, 2.24) is 5.32 Å². The maximum atomic E-state index is 11.6. The van der Waals surface area contributed by atoms with Crippen molar-refractivity contribution in [2.75, 3.05) is 7.11 Å². The first kappa shape index (κ1) is 15.5. The number of nitrogens with one attached hydrogen (secondary N) is 1. The molecule has 21 heavy (non-hydrogen) atoms. The van der Waals surface area contributed by atoms with Crippen LogP contribution < -0.4 is 5.32 Å². The quantitative estimate of drug-likeness (QED) is 0.787. The fourth-order valence-corrected chi connectivity index (χ4v) is 2.92. The van der Waals surface area contributed by atoms with E-state index in [2.05, 4.69) is 5.32 Å². The molecule has 5 heteroatoms. The summed E-state index contributed by atoms with van der Waals surface area (Å²) in [7, 11) is 1.40. The van der Waals surface area contributed by atoms with Gasteiger partial charge in [-0.3, -0.25) is 4.79 Å². The monoisotopic (exact) mass is 291 g/mol. The third-order valence-corrected chi connectivity index (χ3v) is 4.11. The van der Waals surface area contributed by atoms with Crippen molar-refractivity contribution < 1.29 is 19.4 Å². The molecule has 0 aromatic heterocycles. The van der Waals surface area contributed by atoms with Gasteiger partial charge in [-0.05, 0) is 30.5 Å². The van der Waals surface area contributed by atoms with Crippen LogP contribution in [0.15, 0.2) is 24.3 Å². The van der Waals surface area contributed by atoms with E-state index in [-0.39, 0.29) is 17.1 Å². The van der Waals surface area contributed by atoms with Gasteiger partial charge in [0.15, 0.2) is 0 Å². The first-order chi connectivity index (χ1) is 10.0. The summed E-state index contributed by atoms with van der Waals surface area (Å²) >= 11 is 0. The van der Waals surface area contributed by atoms with Gasteiger partial charge >= 0.3 is 11.9 Å². The minimum atomic E-state index is -0.929. The van der Waals surface area contributed by atoms with Gasteiger partial charge in [-0.25, -0.2) is 4.79 Å². The number of methoxy groups -OCH3 is 1. The largest absolute Gasteiger partial charge is 0.478 e. The van der Waals surface area contributed by atoms with E-state index in [0.717, 1.165) is 31.2 Å². The SMILES string of the molecule is COC(=O)CC1(NCc2cccc(C(=O)O)c2)CCCC1. The number of rotatable bonds is 6. The van der Waals surface area contributed by atoms with Crippen molar-refractivity contribution in [2.45, 2.75) is 44.2 Å². The van der Waals surface area contributed by atoms with Crippen LogP contribution in [0.4, 0.5) is 0 Å². The molecular weight excluding hydrogens is 270 g/mol. The summed E-state index contributed by atoms with van der Waals surface area (Å²) in [4.78, 5) is 22.6. The van der Waals surface area contributed by atoms with Gasteiger partial charge in [0.05, 0.1) is 19.1 Å². The number of carbonyl (C=O) groups excluding carboxylic acids is 1. The number of carbonyl (C=O) groups is 2. The number of benzene rings is 1. The zero-order valence-corrected chi connectivity index (χ0v) is 12.2. The second kappa shape index (κ2) is 6.72. The molecule has 0 spiro atoms. The second-order valence-electron chi connectivity index (χ2n) is 5.60. The fraction of sp³-hybridized carbons (Fsp3) is 0.500. The van der Waals surface area contributed by atoms with Gasteiger partial charge in [0, 0.05) is 12.1 Å². The molecule has 0 atom stereocenters. The molecule has 1 saturated carbocycles. The predicted molar refractivity (Wildman–Crippen MR) is 78.1 cm³/mol. The average molecular weight is 291 g/mol. The van der Waals surface area contributed by atoms with Crippen molar-refractivity contribution in [1.29, 1.82) is 0 Å². The zero-order chi connectivity index (χ0) is 15.3. The minimum absolute atomic E-state index is 0.205. The number of esters is 1. The highest BCUT2D eigenvalue weighted by Crippen LogP contribution is 2.33. The number of carboxylic acid groups (broad SMARTS) is 1. The minimum Gasteiger partial charge on any atom is -0.478 e. The van der Waals surface area contributed by atoms with Gasteiger partial charge in [-0.15, -0.1) is 0 Å². The number of aromatic carboxylic acids is 1. The van der Waals surface area contributed by atoms with Gasteiger partial charge < -0.3 is 15.2 Å². The lowest BCUT2D eigenvalue weighted by Gasteiger charge is -2.29. The van der Waals surface area contributed by atoms with Crippen molar-refractivity contribution in [2.24, 2.45) is 0 Å². The van der Waals surface area contributed by atoms with Gasteiger partial charge in [0.25, 0.3) is 0 Å². The summed E-state index contributed by atoms with van der Waals surface area (Å²) in [6.45, 7) is 0.554. The molecule has 1 fully saturated rings.